The van der Waals surface area contributed by atoms with Crippen molar-refractivity contribution in [3.63, 3.8) is 0 Å². The average molecular weight is 260 g/mol. The van der Waals surface area contributed by atoms with Gasteiger partial charge < -0.3 is 10.2 Å². The minimum Gasteiger partial charge on any atom is -0.342 e. The van der Waals surface area contributed by atoms with Gasteiger partial charge in [-0.1, -0.05) is 24.3 Å². The lowest BCUT2D eigenvalue weighted by atomic mass is 10.0. The number of nitrogens with one attached hydrogen (secondary N) is 1. The highest BCUT2D eigenvalue weighted by Crippen LogP contribution is 2.15. The molecule has 1 aliphatic heterocycles. The van der Waals surface area contributed by atoms with E-state index in [4.69, 9.17) is 0 Å². The van der Waals surface area contributed by atoms with E-state index in [2.05, 4.69) is 24.4 Å². The van der Waals surface area contributed by atoms with E-state index in [-0.39, 0.29) is 5.91 Å². The zero-order valence-electron chi connectivity index (χ0n) is 12.0. The smallest absolute Gasteiger partial charge is 0.226 e. The van der Waals surface area contributed by atoms with Gasteiger partial charge in [0.2, 0.25) is 5.91 Å². The van der Waals surface area contributed by atoms with E-state index in [0.717, 1.165) is 37.9 Å². The van der Waals surface area contributed by atoms with Crippen molar-refractivity contribution in [2.75, 3.05) is 20.1 Å². The SMILES string of the molecule is Cc1ccccc1CC(=O)N(C)C1CCCNCC1. The molecular weight excluding hydrogens is 236 g/mol. The van der Waals surface area contributed by atoms with Gasteiger partial charge in [-0.2, -0.15) is 0 Å². The first-order chi connectivity index (χ1) is 9.18. The molecule has 1 aliphatic rings. The predicted molar refractivity (Wildman–Crippen MR) is 78.2 cm³/mol. The third-order valence-electron chi connectivity index (χ3n) is 4.09. The van der Waals surface area contributed by atoms with Crippen LogP contribution in [0.1, 0.15) is 30.4 Å². The van der Waals surface area contributed by atoms with Crippen LogP contribution >= 0.6 is 0 Å². The zero-order chi connectivity index (χ0) is 13.7. The Kier molecular flexibility index (Phi) is 4.97. The summed E-state index contributed by atoms with van der Waals surface area (Å²) in [5.74, 6) is 0.237. The second-order valence-corrected chi connectivity index (χ2v) is 5.44. The number of carbonyl (C=O) groups is 1. The van der Waals surface area contributed by atoms with Gasteiger partial charge in [0.1, 0.15) is 0 Å². The molecule has 3 nitrogen and oxygen atoms in total. The highest BCUT2D eigenvalue weighted by atomic mass is 16.2. The van der Waals surface area contributed by atoms with Crippen LogP contribution in [0.3, 0.4) is 0 Å². The van der Waals surface area contributed by atoms with Crippen molar-refractivity contribution in [2.24, 2.45) is 0 Å². The number of nitrogens with zero attached hydrogens (tertiary/aromatic N) is 1. The van der Waals surface area contributed by atoms with Gasteiger partial charge in [0.15, 0.2) is 0 Å². The van der Waals surface area contributed by atoms with Gasteiger partial charge in [0.25, 0.3) is 0 Å². The normalized spacial score (nSPS) is 19.8. The van der Waals surface area contributed by atoms with Gasteiger partial charge in [-0.25, -0.2) is 0 Å². The van der Waals surface area contributed by atoms with Gasteiger partial charge in [0, 0.05) is 13.1 Å². The summed E-state index contributed by atoms with van der Waals surface area (Å²) in [6.07, 6.45) is 3.86. The molecule has 0 spiro atoms. The van der Waals surface area contributed by atoms with E-state index >= 15 is 0 Å². The Bertz CT molecular complexity index is 423. The molecule has 0 radical (unpaired) electrons. The number of benzene rings is 1. The van der Waals surface area contributed by atoms with E-state index in [1.54, 1.807) is 0 Å². The van der Waals surface area contributed by atoms with Crippen LogP contribution in [0.25, 0.3) is 0 Å². The van der Waals surface area contributed by atoms with Gasteiger partial charge in [-0.3, -0.25) is 4.79 Å². The Morgan fingerprint density at radius 3 is 2.89 bits per heavy atom. The van der Waals surface area contributed by atoms with Crippen LogP contribution in [-0.4, -0.2) is 37.0 Å². The van der Waals surface area contributed by atoms with Crippen LogP contribution in [0, 0.1) is 6.92 Å². The summed E-state index contributed by atoms with van der Waals surface area (Å²) in [5.41, 5.74) is 2.35. The van der Waals surface area contributed by atoms with Crippen LogP contribution in [0.5, 0.6) is 0 Å². The molecule has 1 heterocycles. The summed E-state index contributed by atoms with van der Waals surface area (Å²) >= 11 is 0. The maximum atomic E-state index is 12.4. The third kappa shape index (κ3) is 3.80. The standard InChI is InChI=1S/C16H24N2O/c1-13-6-3-4-7-14(13)12-16(19)18(2)15-8-5-10-17-11-9-15/h3-4,6-7,15,17H,5,8-12H2,1-2H3. The van der Waals surface area contributed by atoms with Gasteiger partial charge in [-0.15, -0.1) is 0 Å². The number of carbonyl (C=O) groups excluding carboxylic acids is 1. The van der Waals surface area contributed by atoms with Crippen molar-refractivity contribution in [2.45, 2.75) is 38.6 Å². The molecule has 1 N–H and O–H groups in total. The first-order valence-corrected chi connectivity index (χ1v) is 7.19. The summed E-state index contributed by atoms with van der Waals surface area (Å²) in [7, 11) is 1.95. The lowest BCUT2D eigenvalue weighted by Gasteiger charge is -2.27. The highest BCUT2D eigenvalue weighted by molar-refractivity contribution is 5.79. The van der Waals surface area contributed by atoms with Crippen LogP contribution in [0.2, 0.25) is 0 Å². The van der Waals surface area contributed by atoms with Crippen LogP contribution < -0.4 is 5.32 Å². The minimum atomic E-state index is 0.237. The molecular formula is C16H24N2O. The van der Waals surface area contributed by atoms with E-state index in [1.807, 2.05) is 24.1 Å². The quantitative estimate of drug-likeness (QED) is 0.903. The van der Waals surface area contributed by atoms with Crippen molar-refractivity contribution >= 4 is 5.91 Å². The largest absolute Gasteiger partial charge is 0.342 e. The Morgan fingerprint density at radius 1 is 1.32 bits per heavy atom. The fourth-order valence-electron chi connectivity index (χ4n) is 2.69. The van der Waals surface area contributed by atoms with Gasteiger partial charge in [-0.05, 0) is 50.4 Å². The molecule has 0 bridgehead atoms. The fourth-order valence-corrected chi connectivity index (χ4v) is 2.69. The van der Waals surface area contributed by atoms with Crippen molar-refractivity contribution in [1.29, 1.82) is 0 Å². The summed E-state index contributed by atoms with van der Waals surface area (Å²) < 4.78 is 0. The molecule has 1 aromatic rings. The monoisotopic (exact) mass is 260 g/mol. The van der Waals surface area contributed by atoms with Gasteiger partial charge in [0.05, 0.1) is 6.42 Å². The number of likely N-dealkylation sites (N-methyl/N-ethyl adjacent to an activating group) is 1. The first-order valence-electron chi connectivity index (χ1n) is 7.19. The summed E-state index contributed by atoms with van der Waals surface area (Å²) in [6, 6.07) is 8.54. The predicted octanol–water partition coefficient (Wildman–Crippen LogP) is 2.14. The average Bonchev–Trinajstić information content (AvgIpc) is 2.69. The molecule has 3 heteroatoms. The summed E-state index contributed by atoms with van der Waals surface area (Å²) in [6.45, 7) is 4.17. The molecule has 0 aliphatic carbocycles. The Hall–Kier alpha value is -1.35. The molecule has 1 fully saturated rings. The summed E-state index contributed by atoms with van der Waals surface area (Å²) in [5, 5.41) is 3.39. The summed E-state index contributed by atoms with van der Waals surface area (Å²) in [4.78, 5) is 14.3. The molecule has 1 amide bonds. The molecule has 104 valence electrons. The molecule has 1 unspecified atom stereocenters. The van der Waals surface area contributed by atoms with Crippen LogP contribution in [0.15, 0.2) is 24.3 Å². The Labute approximate surface area is 116 Å². The third-order valence-corrected chi connectivity index (χ3v) is 4.09. The number of amides is 1. The Balaban J connectivity index is 1.97. The maximum Gasteiger partial charge on any atom is 0.226 e. The molecule has 1 atom stereocenters. The molecule has 2 rings (SSSR count). The second kappa shape index (κ2) is 6.71. The fraction of sp³-hybridized carbons (Fsp3) is 0.562. The van der Waals surface area contributed by atoms with E-state index in [1.165, 1.54) is 5.56 Å². The highest BCUT2D eigenvalue weighted by Gasteiger charge is 2.21. The van der Waals surface area contributed by atoms with Crippen molar-refractivity contribution in [3.8, 4) is 0 Å². The molecule has 19 heavy (non-hydrogen) atoms. The van der Waals surface area contributed by atoms with Crippen LogP contribution in [0.4, 0.5) is 0 Å². The van der Waals surface area contributed by atoms with Crippen molar-refractivity contribution in [1.82, 2.24) is 10.2 Å². The maximum absolute atomic E-state index is 12.4. The Morgan fingerprint density at radius 2 is 2.11 bits per heavy atom. The topological polar surface area (TPSA) is 32.3 Å². The number of hydrogen-bond donors (Lipinski definition) is 1. The zero-order valence-corrected chi connectivity index (χ0v) is 12.0. The number of hydrogen-bond acceptors (Lipinski definition) is 2. The van der Waals surface area contributed by atoms with Crippen molar-refractivity contribution in [3.05, 3.63) is 35.4 Å². The molecule has 0 saturated carbocycles. The molecule has 1 saturated heterocycles. The van der Waals surface area contributed by atoms with E-state index in [9.17, 15) is 4.79 Å². The van der Waals surface area contributed by atoms with Crippen molar-refractivity contribution < 1.29 is 4.79 Å². The van der Waals surface area contributed by atoms with E-state index in [0.29, 0.717) is 12.5 Å². The number of rotatable bonds is 3. The lowest BCUT2D eigenvalue weighted by molar-refractivity contribution is -0.131. The van der Waals surface area contributed by atoms with Gasteiger partial charge >= 0.3 is 0 Å². The molecule has 1 aromatic carbocycles. The lowest BCUT2D eigenvalue weighted by Crippen LogP contribution is -2.38. The first kappa shape index (κ1) is 14.1. The second-order valence-electron chi connectivity index (χ2n) is 5.44. The minimum absolute atomic E-state index is 0.237. The van der Waals surface area contributed by atoms with Crippen LogP contribution in [-0.2, 0) is 11.2 Å². The molecule has 0 aromatic heterocycles. The van der Waals surface area contributed by atoms with E-state index < -0.39 is 0 Å². The number of aryl methyl sites for hydroxylation is 1.